The van der Waals surface area contributed by atoms with Crippen LogP contribution in [0.25, 0.3) is 10.6 Å². The number of rotatable bonds is 6. The van der Waals surface area contributed by atoms with E-state index < -0.39 is 0 Å². The third-order valence-electron chi connectivity index (χ3n) is 4.60. The van der Waals surface area contributed by atoms with Crippen LogP contribution in [-0.2, 0) is 17.6 Å². The standard InChI is InChI=1S/C22H22N2O3S/c1-2-15-7-9-16(10-8-15)22-24-17(14-28-22)11-21(25)23-12-18-13-26-19-5-3-4-6-20(19)27-18/h3-10,14,18H,2,11-13H2,1H3,(H,23,25)/t18-/m1/s1. The minimum Gasteiger partial charge on any atom is -0.486 e. The van der Waals surface area contributed by atoms with E-state index in [9.17, 15) is 4.79 Å². The van der Waals surface area contributed by atoms with Gasteiger partial charge in [-0.1, -0.05) is 43.3 Å². The molecule has 144 valence electrons. The number of carbonyl (C=O) groups excluding carboxylic acids is 1. The number of fused-ring (bicyclic) bond motifs is 1. The molecule has 6 heteroatoms. The Morgan fingerprint density at radius 2 is 1.96 bits per heavy atom. The zero-order chi connectivity index (χ0) is 19.3. The minimum absolute atomic E-state index is 0.0689. The lowest BCUT2D eigenvalue weighted by Crippen LogP contribution is -2.41. The lowest BCUT2D eigenvalue weighted by molar-refractivity contribution is -0.121. The third-order valence-corrected chi connectivity index (χ3v) is 5.54. The summed E-state index contributed by atoms with van der Waals surface area (Å²) in [5, 5.41) is 5.80. The van der Waals surface area contributed by atoms with Gasteiger partial charge in [-0.2, -0.15) is 0 Å². The van der Waals surface area contributed by atoms with Gasteiger partial charge in [-0.25, -0.2) is 4.98 Å². The van der Waals surface area contributed by atoms with E-state index in [1.165, 1.54) is 5.56 Å². The van der Waals surface area contributed by atoms with Crippen molar-refractivity contribution in [3.63, 3.8) is 0 Å². The number of aromatic nitrogens is 1. The Balaban J connectivity index is 1.29. The Kier molecular flexibility index (Phi) is 5.58. The fourth-order valence-corrected chi connectivity index (χ4v) is 3.85. The highest BCUT2D eigenvalue weighted by molar-refractivity contribution is 7.13. The Morgan fingerprint density at radius 1 is 1.18 bits per heavy atom. The van der Waals surface area contributed by atoms with Crippen molar-refractivity contribution in [1.29, 1.82) is 0 Å². The Hall–Kier alpha value is -2.86. The van der Waals surface area contributed by atoms with Crippen molar-refractivity contribution >= 4 is 17.2 Å². The van der Waals surface area contributed by atoms with E-state index in [0.717, 1.165) is 28.4 Å². The van der Waals surface area contributed by atoms with Crippen LogP contribution < -0.4 is 14.8 Å². The van der Waals surface area contributed by atoms with Gasteiger partial charge in [0.25, 0.3) is 0 Å². The second-order valence-electron chi connectivity index (χ2n) is 6.67. The second-order valence-corrected chi connectivity index (χ2v) is 7.53. The molecule has 0 radical (unpaired) electrons. The number of carbonyl (C=O) groups is 1. The highest BCUT2D eigenvalue weighted by atomic mass is 32.1. The van der Waals surface area contributed by atoms with E-state index in [0.29, 0.717) is 18.9 Å². The van der Waals surface area contributed by atoms with Crippen molar-refractivity contribution in [1.82, 2.24) is 10.3 Å². The normalized spacial score (nSPS) is 15.2. The van der Waals surface area contributed by atoms with E-state index in [-0.39, 0.29) is 18.4 Å². The van der Waals surface area contributed by atoms with E-state index in [1.807, 2.05) is 29.6 Å². The van der Waals surface area contributed by atoms with Crippen molar-refractivity contribution in [2.45, 2.75) is 25.9 Å². The topological polar surface area (TPSA) is 60.5 Å². The van der Waals surface area contributed by atoms with Gasteiger partial charge in [-0.05, 0) is 24.1 Å². The maximum atomic E-state index is 12.3. The van der Waals surface area contributed by atoms with Crippen LogP contribution in [-0.4, -0.2) is 30.1 Å². The molecule has 2 aromatic carbocycles. The van der Waals surface area contributed by atoms with Crippen LogP contribution in [0, 0.1) is 0 Å². The van der Waals surface area contributed by atoms with Crippen molar-refractivity contribution in [3.8, 4) is 22.1 Å². The van der Waals surface area contributed by atoms with Gasteiger partial charge in [-0.15, -0.1) is 11.3 Å². The molecule has 1 N–H and O–H groups in total. The highest BCUT2D eigenvalue weighted by Gasteiger charge is 2.21. The zero-order valence-corrected chi connectivity index (χ0v) is 16.5. The van der Waals surface area contributed by atoms with Crippen LogP contribution in [0.1, 0.15) is 18.2 Å². The van der Waals surface area contributed by atoms with Crippen molar-refractivity contribution in [3.05, 3.63) is 65.2 Å². The predicted molar refractivity (Wildman–Crippen MR) is 110 cm³/mol. The largest absolute Gasteiger partial charge is 0.486 e. The number of aryl methyl sites for hydroxylation is 1. The minimum atomic E-state index is -0.193. The number of hydrogen-bond acceptors (Lipinski definition) is 5. The summed E-state index contributed by atoms with van der Waals surface area (Å²) in [6.45, 7) is 2.97. The second kappa shape index (κ2) is 8.44. The van der Waals surface area contributed by atoms with Gasteiger partial charge in [0.2, 0.25) is 5.91 Å². The molecule has 1 atom stereocenters. The smallest absolute Gasteiger partial charge is 0.226 e. The zero-order valence-electron chi connectivity index (χ0n) is 15.7. The SMILES string of the molecule is CCc1ccc(-c2nc(CC(=O)NC[C@@H]3COc4ccccc4O3)cs2)cc1. The quantitative estimate of drug-likeness (QED) is 0.689. The molecule has 2 heterocycles. The van der Waals surface area contributed by atoms with Crippen LogP contribution in [0.5, 0.6) is 11.5 Å². The van der Waals surface area contributed by atoms with Gasteiger partial charge in [-0.3, -0.25) is 4.79 Å². The molecule has 0 bridgehead atoms. The van der Waals surface area contributed by atoms with Crippen LogP contribution in [0.2, 0.25) is 0 Å². The Labute approximate surface area is 168 Å². The molecular formula is C22H22N2O3S. The first-order valence-corrected chi connectivity index (χ1v) is 10.3. The molecule has 3 aromatic rings. The summed E-state index contributed by atoms with van der Waals surface area (Å²) in [4.78, 5) is 16.9. The molecule has 1 aliphatic rings. The summed E-state index contributed by atoms with van der Waals surface area (Å²) >= 11 is 1.56. The predicted octanol–water partition coefficient (Wildman–Crippen LogP) is 3.87. The monoisotopic (exact) mass is 394 g/mol. The average molecular weight is 394 g/mol. The van der Waals surface area contributed by atoms with E-state index in [2.05, 4.69) is 41.5 Å². The number of ether oxygens (including phenoxy) is 2. The molecule has 0 saturated heterocycles. The molecule has 1 aromatic heterocycles. The molecular weight excluding hydrogens is 372 g/mol. The van der Waals surface area contributed by atoms with Crippen LogP contribution >= 0.6 is 11.3 Å². The molecule has 28 heavy (non-hydrogen) atoms. The first-order valence-electron chi connectivity index (χ1n) is 9.40. The van der Waals surface area contributed by atoms with Gasteiger partial charge in [0.15, 0.2) is 11.5 Å². The van der Waals surface area contributed by atoms with Crippen molar-refractivity contribution in [2.75, 3.05) is 13.2 Å². The summed E-state index contributed by atoms with van der Waals surface area (Å²) in [5.41, 5.74) is 3.17. The molecule has 1 amide bonds. The van der Waals surface area contributed by atoms with Crippen molar-refractivity contribution in [2.24, 2.45) is 0 Å². The summed E-state index contributed by atoms with van der Waals surface area (Å²) in [6.07, 6.45) is 1.08. The maximum absolute atomic E-state index is 12.3. The van der Waals surface area contributed by atoms with Crippen LogP contribution in [0.3, 0.4) is 0 Å². The molecule has 4 rings (SSSR count). The first kappa shape index (κ1) is 18.5. The van der Waals surface area contributed by atoms with E-state index >= 15 is 0 Å². The fraction of sp³-hybridized carbons (Fsp3) is 0.273. The third kappa shape index (κ3) is 4.34. The van der Waals surface area contributed by atoms with Crippen LogP contribution in [0.15, 0.2) is 53.9 Å². The number of hydrogen-bond donors (Lipinski definition) is 1. The average Bonchev–Trinajstić information content (AvgIpc) is 3.20. The Morgan fingerprint density at radius 3 is 2.75 bits per heavy atom. The van der Waals surface area contributed by atoms with Crippen LogP contribution in [0.4, 0.5) is 0 Å². The number of nitrogens with zero attached hydrogens (tertiary/aromatic N) is 1. The lowest BCUT2D eigenvalue weighted by atomic mass is 10.1. The molecule has 5 nitrogen and oxygen atoms in total. The summed E-state index contributed by atoms with van der Waals surface area (Å²) < 4.78 is 11.5. The first-order chi connectivity index (χ1) is 13.7. The molecule has 0 aliphatic carbocycles. The Bertz CT molecular complexity index is 952. The van der Waals surface area contributed by atoms with Gasteiger partial charge in [0, 0.05) is 10.9 Å². The number of thiazole rings is 1. The molecule has 0 spiro atoms. The van der Waals surface area contributed by atoms with Gasteiger partial charge < -0.3 is 14.8 Å². The molecule has 1 aliphatic heterocycles. The number of benzene rings is 2. The van der Waals surface area contributed by atoms with Crippen molar-refractivity contribution < 1.29 is 14.3 Å². The van der Waals surface area contributed by atoms with Gasteiger partial charge in [0.1, 0.15) is 17.7 Å². The van der Waals surface area contributed by atoms with Gasteiger partial charge >= 0.3 is 0 Å². The van der Waals surface area contributed by atoms with Gasteiger partial charge in [0.05, 0.1) is 18.7 Å². The molecule has 0 saturated carbocycles. The number of amides is 1. The number of para-hydroxylation sites is 2. The highest BCUT2D eigenvalue weighted by Crippen LogP contribution is 2.30. The summed E-state index contributed by atoms with van der Waals surface area (Å²) in [6, 6.07) is 16.0. The summed E-state index contributed by atoms with van der Waals surface area (Å²) in [7, 11) is 0. The lowest BCUT2D eigenvalue weighted by Gasteiger charge is -2.26. The van der Waals surface area contributed by atoms with E-state index in [4.69, 9.17) is 9.47 Å². The fourth-order valence-electron chi connectivity index (χ4n) is 3.02. The summed E-state index contributed by atoms with van der Waals surface area (Å²) in [5.74, 6) is 1.39. The maximum Gasteiger partial charge on any atom is 0.226 e. The molecule has 0 unspecified atom stereocenters. The number of nitrogens with one attached hydrogen (secondary N) is 1. The van der Waals surface area contributed by atoms with E-state index in [1.54, 1.807) is 11.3 Å². The molecule has 0 fully saturated rings.